The van der Waals surface area contributed by atoms with Crippen molar-refractivity contribution in [1.29, 1.82) is 0 Å². The molecular formula is C22H27N3O2. The van der Waals surface area contributed by atoms with Crippen LogP contribution in [-0.2, 0) is 0 Å². The highest BCUT2D eigenvalue weighted by Gasteiger charge is 2.23. The third-order valence-corrected chi connectivity index (χ3v) is 5.13. The van der Waals surface area contributed by atoms with Crippen molar-refractivity contribution in [2.24, 2.45) is 0 Å². The van der Waals surface area contributed by atoms with Crippen molar-refractivity contribution in [3.63, 3.8) is 0 Å². The number of aryl methyl sites for hydroxylation is 1. The van der Waals surface area contributed by atoms with E-state index >= 15 is 0 Å². The molecule has 2 N–H and O–H groups in total. The zero-order valence-corrected chi connectivity index (χ0v) is 16.4. The number of carbonyl (C=O) groups is 1. The number of carbonyl (C=O) groups excluding carboxylic acids is 1. The summed E-state index contributed by atoms with van der Waals surface area (Å²) in [6.45, 7) is 8.00. The normalized spacial score (nSPS) is 13.6. The van der Waals surface area contributed by atoms with Crippen molar-refractivity contribution in [3.8, 4) is 11.5 Å². The second kappa shape index (κ2) is 8.46. The van der Waals surface area contributed by atoms with Crippen LogP contribution in [0.2, 0.25) is 0 Å². The van der Waals surface area contributed by atoms with Gasteiger partial charge in [0.25, 0.3) is 0 Å². The van der Waals surface area contributed by atoms with Gasteiger partial charge < -0.3 is 15.1 Å². The van der Waals surface area contributed by atoms with E-state index in [1.807, 2.05) is 50.4 Å². The Morgan fingerprint density at radius 2 is 1.93 bits per heavy atom. The van der Waals surface area contributed by atoms with Crippen LogP contribution in [0.25, 0.3) is 22.6 Å². The Morgan fingerprint density at radius 3 is 2.56 bits per heavy atom. The first-order chi connectivity index (χ1) is 13.1. The molecule has 0 fully saturated rings. The fourth-order valence-corrected chi connectivity index (χ4v) is 3.42. The van der Waals surface area contributed by atoms with Crippen LogP contribution in [0.5, 0.6) is 0 Å². The lowest BCUT2D eigenvalue weighted by molar-refractivity contribution is 0.112. The van der Waals surface area contributed by atoms with Gasteiger partial charge in [0, 0.05) is 23.7 Å². The maximum Gasteiger partial charge on any atom is 0.227 e. The number of benzene rings is 2. The number of fused-ring (bicyclic) bond motifs is 1. The predicted octanol–water partition coefficient (Wildman–Crippen LogP) is 3.92. The number of hydrogen-bond acceptors (Lipinski definition) is 5. The Balaban J connectivity index is 2.02. The first-order valence-electron chi connectivity index (χ1n) is 9.42. The molecule has 0 aliphatic rings. The number of hydrogen-bond donors (Lipinski definition) is 2. The van der Waals surface area contributed by atoms with E-state index in [0.717, 1.165) is 30.5 Å². The molecule has 0 amide bonds. The largest absolute Gasteiger partial charge is 0.436 e. The Kier molecular flexibility index (Phi) is 6.04. The number of rotatable bonds is 8. The molecule has 2 aromatic carbocycles. The topological polar surface area (TPSA) is 67.2 Å². The van der Waals surface area contributed by atoms with E-state index in [2.05, 4.69) is 29.5 Å². The summed E-state index contributed by atoms with van der Waals surface area (Å²) >= 11 is 0. The summed E-state index contributed by atoms with van der Waals surface area (Å²) in [6.07, 6.45) is 0.898. The van der Waals surface area contributed by atoms with Crippen LogP contribution in [0.4, 0.5) is 0 Å². The van der Waals surface area contributed by atoms with Crippen LogP contribution in [0.1, 0.15) is 41.3 Å². The van der Waals surface area contributed by atoms with E-state index in [4.69, 9.17) is 4.42 Å². The first-order valence-corrected chi connectivity index (χ1v) is 9.42. The van der Waals surface area contributed by atoms with E-state index in [-0.39, 0.29) is 12.0 Å². The maximum atomic E-state index is 11.9. The number of oxazole rings is 1. The quantitative estimate of drug-likeness (QED) is 0.592. The highest BCUT2D eigenvalue weighted by Crippen LogP contribution is 2.31. The third-order valence-electron chi connectivity index (χ3n) is 5.13. The fraction of sp³-hybridized carbons (Fsp3) is 0.364. The Hall–Kier alpha value is -2.50. The zero-order valence-electron chi connectivity index (χ0n) is 16.4. The minimum Gasteiger partial charge on any atom is -0.436 e. The standard InChI is InChI=1S/C22H27N3O2/c1-5-24-12-19(23-4)15(3)17-10-11-20-21(18(17)13-26)25-22(27-20)16-8-6-14(2)7-9-16/h6-11,13,15,19,23-24H,5,12H2,1-4H3. The molecule has 1 heterocycles. The number of aldehydes is 1. The van der Waals surface area contributed by atoms with Gasteiger partial charge in [0.1, 0.15) is 5.52 Å². The third kappa shape index (κ3) is 3.94. The van der Waals surface area contributed by atoms with Crippen molar-refractivity contribution in [1.82, 2.24) is 15.6 Å². The first kappa shape index (κ1) is 19.3. The SMILES string of the molecule is CCNCC(NC)C(C)c1ccc2oc(-c3ccc(C)cc3)nc2c1C=O. The molecule has 2 unspecified atom stereocenters. The molecule has 0 bridgehead atoms. The van der Waals surface area contributed by atoms with Gasteiger partial charge in [-0.1, -0.05) is 37.6 Å². The van der Waals surface area contributed by atoms with Gasteiger partial charge in [0.2, 0.25) is 5.89 Å². The van der Waals surface area contributed by atoms with E-state index in [1.165, 1.54) is 5.56 Å². The summed E-state index contributed by atoms with van der Waals surface area (Å²) in [5.41, 5.74) is 4.94. The van der Waals surface area contributed by atoms with Crippen LogP contribution >= 0.6 is 0 Å². The molecule has 142 valence electrons. The molecule has 0 aliphatic heterocycles. The summed E-state index contributed by atoms with van der Waals surface area (Å²) in [5.74, 6) is 0.689. The predicted molar refractivity (Wildman–Crippen MR) is 109 cm³/mol. The van der Waals surface area contributed by atoms with Crippen molar-refractivity contribution >= 4 is 17.4 Å². The molecule has 0 radical (unpaired) electrons. The van der Waals surface area contributed by atoms with Crippen molar-refractivity contribution in [2.75, 3.05) is 20.1 Å². The summed E-state index contributed by atoms with van der Waals surface area (Å²) in [4.78, 5) is 16.6. The second-order valence-electron chi connectivity index (χ2n) is 6.91. The smallest absolute Gasteiger partial charge is 0.227 e. The molecule has 27 heavy (non-hydrogen) atoms. The molecule has 2 atom stereocenters. The minimum atomic E-state index is 0.151. The summed E-state index contributed by atoms with van der Waals surface area (Å²) in [5, 5.41) is 6.72. The molecule has 0 saturated heterocycles. The van der Waals surface area contributed by atoms with Crippen LogP contribution in [0, 0.1) is 6.92 Å². The van der Waals surface area contributed by atoms with Gasteiger partial charge in [0.15, 0.2) is 11.9 Å². The lowest BCUT2D eigenvalue weighted by Gasteiger charge is -2.25. The van der Waals surface area contributed by atoms with Gasteiger partial charge in [0.05, 0.1) is 0 Å². The molecule has 1 aromatic heterocycles. The molecule has 5 nitrogen and oxygen atoms in total. The highest BCUT2D eigenvalue weighted by atomic mass is 16.3. The highest BCUT2D eigenvalue weighted by molar-refractivity contribution is 5.96. The lowest BCUT2D eigenvalue weighted by atomic mass is 9.89. The Bertz CT molecular complexity index is 915. The Morgan fingerprint density at radius 1 is 1.19 bits per heavy atom. The zero-order chi connectivity index (χ0) is 19.4. The monoisotopic (exact) mass is 365 g/mol. The average Bonchev–Trinajstić information content (AvgIpc) is 3.12. The fourth-order valence-electron chi connectivity index (χ4n) is 3.42. The molecular weight excluding hydrogens is 338 g/mol. The number of aromatic nitrogens is 1. The van der Waals surface area contributed by atoms with Crippen molar-refractivity contribution in [3.05, 3.63) is 53.1 Å². The maximum absolute atomic E-state index is 11.9. The number of nitrogens with zero attached hydrogens (tertiary/aromatic N) is 1. The summed E-state index contributed by atoms with van der Waals surface area (Å²) in [6, 6.07) is 12.1. The van der Waals surface area contributed by atoms with Crippen LogP contribution in [-0.4, -0.2) is 37.4 Å². The van der Waals surface area contributed by atoms with Crippen LogP contribution < -0.4 is 10.6 Å². The van der Waals surface area contributed by atoms with E-state index in [1.54, 1.807) is 0 Å². The van der Waals surface area contributed by atoms with E-state index in [9.17, 15) is 4.79 Å². The minimum absolute atomic E-state index is 0.151. The van der Waals surface area contributed by atoms with Crippen LogP contribution in [0.15, 0.2) is 40.8 Å². The molecule has 0 aliphatic carbocycles. The van der Waals surface area contributed by atoms with Gasteiger partial charge in [-0.2, -0.15) is 0 Å². The van der Waals surface area contributed by atoms with Crippen molar-refractivity contribution < 1.29 is 9.21 Å². The molecule has 0 saturated carbocycles. The number of nitrogens with one attached hydrogen (secondary N) is 2. The van der Waals surface area contributed by atoms with Gasteiger partial charge in [-0.3, -0.25) is 4.79 Å². The lowest BCUT2D eigenvalue weighted by Crippen LogP contribution is -2.40. The van der Waals surface area contributed by atoms with E-state index in [0.29, 0.717) is 22.6 Å². The van der Waals surface area contributed by atoms with Gasteiger partial charge in [-0.05, 0) is 50.2 Å². The molecule has 5 heteroatoms. The summed E-state index contributed by atoms with van der Waals surface area (Å²) in [7, 11) is 1.95. The Labute approximate surface area is 160 Å². The molecule has 0 spiro atoms. The van der Waals surface area contributed by atoms with E-state index < -0.39 is 0 Å². The van der Waals surface area contributed by atoms with Gasteiger partial charge >= 0.3 is 0 Å². The second-order valence-corrected chi connectivity index (χ2v) is 6.91. The van der Waals surface area contributed by atoms with Gasteiger partial charge in [-0.15, -0.1) is 0 Å². The number of likely N-dealkylation sites (N-methyl/N-ethyl adjacent to an activating group) is 2. The van der Waals surface area contributed by atoms with Crippen LogP contribution in [0.3, 0.4) is 0 Å². The molecule has 3 aromatic rings. The van der Waals surface area contributed by atoms with Gasteiger partial charge in [-0.25, -0.2) is 4.98 Å². The van der Waals surface area contributed by atoms with Crippen molar-refractivity contribution in [2.45, 2.75) is 32.7 Å². The average molecular weight is 365 g/mol. The molecule has 3 rings (SSSR count). The summed E-state index contributed by atoms with van der Waals surface area (Å²) < 4.78 is 5.92.